The van der Waals surface area contributed by atoms with Crippen LogP contribution >= 0.6 is 0 Å². The van der Waals surface area contributed by atoms with Gasteiger partial charge in [-0.25, -0.2) is 0 Å². The van der Waals surface area contributed by atoms with Gasteiger partial charge in [0.25, 0.3) is 0 Å². The van der Waals surface area contributed by atoms with E-state index in [0.29, 0.717) is 0 Å². The summed E-state index contributed by atoms with van der Waals surface area (Å²) >= 11 is 0. The Labute approximate surface area is 92.4 Å². The van der Waals surface area contributed by atoms with Crippen LogP contribution in [0.5, 0.6) is 0 Å². The molecule has 0 unspecified atom stereocenters. The molecule has 0 heteroatoms. The number of hydrogen-bond acceptors (Lipinski definition) is 0. The topological polar surface area (TPSA) is 0 Å². The summed E-state index contributed by atoms with van der Waals surface area (Å²) in [5, 5.41) is 0. The van der Waals surface area contributed by atoms with Crippen LogP contribution in [-0.4, -0.2) is 0 Å². The van der Waals surface area contributed by atoms with Crippen molar-refractivity contribution in [1.82, 2.24) is 0 Å². The van der Waals surface area contributed by atoms with Gasteiger partial charge in [-0.05, 0) is 25.8 Å². The van der Waals surface area contributed by atoms with Crippen LogP contribution in [-0.2, 0) is 0 Å². The van der Waals surface area contributed by atoms with Crippen molar-refractivity contribution >= 4 is 0 Å². The molecule has 0 fully saturated rings. The fraction of sp³-hybridized carbons (Fsp3) is 0.200. The highest BCUT2D eigenvalue weighted by Crippen LogP contribution is 2.10. The zero-order chi connectivity index (χ0) is 11.1. The van der Waals surface area contributed by atoms with Gasteiger partial charge in [-0.15, -0.1) is 0 Å². The summed E-state index contributed by atoms with van der Waals surface area (Å²) in [5.41, 5.74) is 3.02. The molecule has 0 amide bonds. The monoisotopic (exact) mass is 196 g/mol. The Morgan fingerprint density at radius 3 is 2.80 bits per heavy atom. The average molecular weight is 196 g/mol. The second kappa shape index (κ2) is 5.88. The molecule has 15 heavy (non-hydrogen) atoms. The van der Waals surface area contributed by atoms with Crippen molar-refractivity contribution in [2.24, 2.45) is 0 Å². The Kier molecular flexibility index (Phi) is 4.44. The van der Waals surface area contributed by atoms with E-state index < -0.39 is 0 Å². The minimum atomic E-state index is 0.827. The second-order valence-electron chi connectivity index (χ2n) is 3.61. The van der Waals surface area contributed by atoms with E-state index in [1.54, 1.807) is 0 Å². The average Bonchev–Trinajstić information content (AvgIpc) is 2.25. The van der Waals surface area contributed by atoms with E-state index >= 15 is 0 Å². The van der Waals surface area contributed by atoms with Crippen LogP contribution in [0.15, 0.2) is 60.3 Å². The van der Waals surface area contributed by atoms with Crippen molar-refractivity contribution in [1.29, 1.82) is 0 Å². The molecule has 0 bridgehead atoms. The van der Waals surface area contributed by atoms with E-state index in [4.69, 9.17) is 0 Å². The van der Waals surface area contributed by atoms with Crippen LogP contribution in [0.1, 0.15) is 19.8 Å². The smallest absolute Gasteiger partial charge is 0.0177 e. The minimum absolute atomic E-state index is 0.827. The van der Waals surface area contributed by atoms with Gasteiger partial charge in [-0.2, -0.15) is 0 Å². The van der Waals surface area contributed by atoms with Crippen molar-refractivity contribution in [3.63, 3.8) is 0 Å². The minimum Gasteiger partial charge on any atom is -0.0961 e. The molecule has 76 valence electrons. The van der Waals surface area contributed by atoms with Gasteiger partial charge >= 0.3 is 0 Å². The molecule has 0 atom stereocenters. The van der Waals surface area contributed by atoms with Crippen LogP contribution in [0.4, 0.5) is 0 Å². The molecule has 0 aliphatic heterocycles. The van der Waals surface area contributed by atoms with Crippen molar-refractivity contribution in [2.75, 3.05) is 0 Å². The largest absolute Gasteiger partial charge is 0.0961 e. The van der Waals surface area contributed by atoms with Gasteiger partial charge in [-0.1, -0.05) is 54.9 Å². The quantitative estimate of drug-likeness (QED) is 0.463. The Balaban J connectivity index is 2.57. The maximum absolute atomic E-state index is 3.86. The van der Waals surface area contributed by atoms with Crippen LogP contribution in [0.2, 0.25) is 0 Å². The van der Waals surface area contributed by atoms with Gasteiger partial charge in [0.05, 0.1) is 0 Å². The fourth-order valence-electron chi connectivity index (χ4n) is 1.15. The molecular weight excluding hydrogens is 180 g/mol. The van der Waals surface area contributed by atoms with Crippen LogP contribution in [0.3, 0.4) is 0 Å². The first kappa shape index (κ1) is 11.3. The van der Waals surface area contributed by atoms with Gasteiger partial charge in [0.2, 0.25) is 0 Å². The van der Waals surface area contributed by atoms with Gasteiger partial charge in [0.1, 0.15) is 0 Å². The number of rotatable bonds is 2. The Bertz CT molecular complexity index is 403. The molecule has 0 radical (unpaired) electrons. The molecular formula is C15H16. The van der Waals surface area contributed by atoms with Crippen molar-refractivity contribution in [3.8, 4) is 11.8 Å². The Morgan fingerprint density at radius 1 is 1.40 bits per heavy atom. The molecule has 0 N–H and O–H groups in total. The van der Waals surface area contributed by atoms with Gasteiger partial charge in [0, 0.05) is 11.1 Å². The highest BCUT2D eigenvalue weighted by Gasteiger charge is 1.93. The summed E-state index contributed by atoms with van der Waals surface area (Å²) in [7, 11) is 0. The highest BCUT2D eigenvalue weighted by atomic mass is 14.0. The van der Waals surface area contributed by atoms with E-state index in [2.05, 4.69) is 43.2 Å². The first-order chi connectivity index (χ1) is 7.18. The SMILES string of the molecule is C=C(C)/C=C\C(=C)C#CC1=CC=CCC1. The number of hydrogen-bond donors (Lipinski definition) is 0. The first-order valence-corrected chi connectivity index (χ1v) is 5.08. The fourth-order valence-corrected chi connectivity index (χ4v) is 1.15. The van der Waals surface area contributed by atoms with Gasteiger partial charge in [-0.3, -0.25) is 0 Å². The molecule has 1 aliphatic rings. The molecule has 0 nitrogen and oxygen atoms in total. The Hall–Kier alpha value is -1.74. The zero-order valence-electron chi connectivity index (χ0n) is 9.22. The molecule has 0 aromatic rings. The maximum atomic E-state index is 3.86. The molecule has 0 heterocycles. The van der Waals surface area contributed by atoms with Crippen LogP contribution < -0.4 is 0 Å². The molecule has 0 saturated carbocycles. The molecule has 0 aromatic heterocycles. The first-order valence-electron chi connectivity index (χ1n) is 5.08. The summed E-state index contributed by atoms with van der Waals surface area (Å²) in [6.45, 7) is 9.59. The van der Waals surface area contributed by atoms with E-state index in [9.17, 15) is 0 Å². The Morgan fingerprint density at radius 2 is 2.20 bits per heavy atom. The summed E-state index contributed by atoms with van der Waals surface area (Å²) in [4.78, 5) is 0. The van der Waals surface area contributed by atoms with Gasteiger partial charge < -0.3 is 0 Å². The van der Waals surface area contributed by atoms with Gasteiger partial charge in [0.15, 0.2) is 0 Å². The number of allylic oxidation sites excluding steroid dienone is 8. The molecule has 1 aliphatic carbocycles. The van der Waals surface area contributed by atoms with Crippen molar-refractivity contribution in [2.45, 2.75) is 19.8 Å². The van der Waals surface area contributed by atoms with E-state index in [-0.39, 0.29) is 0 Å². The van der Waals surface area contributed by atoms with Crippen molar-refractivity contribution in [3.05, 3.63) is 60.3 Å². The summed E-state index contributed by atoms with van der Waals surface area (Å²) in [6, 6.07) is 0. The summed E-state index contributed by atoms with van der Waals surface area (Å²) in [6.07, 6.45) is 12.2. The predicted molar refractivity (Wildman–Crippen MR) is 67.3 cm³/mol. The summed E-state index contributed by atoms with van der Waals surface area (Å²) < 4.78 is 0. The van der Waals surface area contributed by atoms with Crippen LogP contribution in [0.25, 0.3) is 0 Å². The predicted octanol–water partition coefficient (Wildman–Crippen LogP) is 3.95. The summed E-state index contributed by atoms with van der Waals surface area (Å²) in [5.74, 6) is 6.16. The lowest BCUT2D eigenvalue weighted by Crippen LogP contribution is -1.83. The molecule has 0 spiro atoms. The second-order valence-corrected chi connectivity index (χ2v) is 3.61. The maximum Gasteiger partial charge on any atom is 0.0177 e. The van der Waals surface area contributed by atoms with E-state index in [0.717, 1.165) is 24.0 Å². The van der Waals surface area contributed by atoms with Crippen molar-refractivity contribution < 1.29 is 0 Å². The third-order valence-electron chi connectivity index (χ3n) is 1.97. The third kappa shape index (κ3) is 4.88. The lowest BCUT2D eigenvalue weighted by atomic mass is 10.1. The normalized spacial score (nSPS) is 14.3. The van der Waals surface area contributed by atoms with E-state index in [1.165, 1.54) is 5.57 Å². The standard InChI is InChI=1S/C15H16/c1-13(2)9-10-14(3)11-12-15-7-5-4-6-8-15/h4-5,7,9-10H,1,3,6,8H2,2H3/b10-9-. The highest BCUT2D eigenvalue weighted by molar-refractivity contribution is 5.44. The van der Waals surface area contributed by atoms with Crippen LogP contribution in [0, 0.1) is 11.8 Å². The lowest BCUT2D eigenvalue weighted by molar-refractivity contribution is 1.000. The zero-order valence-corrected chi connectivity index (χ0v) is 9.22. The molecule has 0 aromatic carbocycles. The lowest BCUT2D eigenvalue weighted by Gasteiger charge is -1.99. The molecule has 1 rings (SSSR count). The third-order valence-corrected chi connectivity index (χ3v) is 1.97. The van der Waals surface area contributed by atoms with E-state index in [1.807, 2.05) is 19.1 Å². The molecule has 0 saturated heterocycles.